The zero-order chi connectivity index (χ0) is 18.9. The van der Waals surface area contributed by atoms with Crippen molar-refractivity contribution in [2.45, 2.75) is 51.9 Å². The Morgan fingerprint density at radius 3 is 2.20 bits per heavy atom. The topological polar surface area (TPSA) is 46.2 Å². The van der Waals surface area contributed by atoms with Crippen molar-refractivity contribution in [3.8, 4) is 5.75 Å². The summed E-state index contributed by atoms with van der Waals surface area (Å²) in [7, 11) is 0.736. The van der Waals surface area contributed by atoms with Crippen molar-refractivity contribution in [1.29, 1.82) is 0 Å². The molecule has 9 heteroatoms. The number of hydrogen-bond acceptors (Lipinski definition) is 5. The van der Waals surface area contributed by atoms with Gasteiger partial charge in [-0.15, -0.1) is 13.2 Å². The SMILES string of the molecule is COCOCc1cc(B2OC(C)(C)C(C)(C)O2)ccc1OC(F)(F)F. The highest BCUT2D eigenvalue weighted by molar-refractivity contribution is 6.62. The molecule has 0 amide bonds. The fraction of sp³-hybridized carbons (Fsp3) is 0.625. The lowest BCUT2D eigenvalue weighted by Crippen LogP contribution is -2.41. The highest BCUT2D eigenvalue weighted by Crippen LogP contribution is 2.37. The quantitative estimate of drug-likeness (QED) is 0.442. The van der Waals surface area contributed by atoms with E-state index in [0.29, 0.717) is 5.46 Å². The second-order valence-electron chi connectivity index (χ2n) is 6.76. The molecule has 0 unspecified atom stereocenters. The molecular weight excluding hydrogens is 340 g/mol. The number of halogens is 3. The summed E-state index contributed by atoms with van der Waals surface area (Å²) in [4.78, 5) is 0. The molecule has 0 bridgehead atoms. The molecule has 1 fully saturated rings. The van der Waals surface area contributed by atoms with E-state index >= 15 is 0 Å². The van der Waals surface area contributed by atoms with Crippen LogP contribution in [-0.2, 0) is 25.4 Å². The van der Waals surface area contributed by atoms with Gasteiger partial charge < -0.3 is 23.5 Å². The molecule has 5 nitrogen and oxygen atoms in total. The molecule has 0 spiro atoms. The van der Waals surface area contributed by atoms with Gasteiger partial charge in [-0.05, 0) is 39.2 Å². The molecule has 2 rings (SSSR count). The fourth-order valence-electron chi connectivity index (χ4n) is 2.30. The molecule has 1 saturated heterocycles. The average molecular weight is 362 g/mol. The number of ether oxygens (including phenoxy) is 3. The first kappa shape index (κ1) is 20.0. The van der Waals surface area contributed by atoms with E-state index in [1.165, 1.54) is 25.3 Å². The predicted molar refractivity (Wildman–Crippen MR) is 85.5 cm³/mol. The van der Waals surface area contributed by atoms with Crippen LogP contribution < -0.4 is 10.2 Å². The van der Waals surface area contributed by atoms with Gasteiger partial charge in [0.25, 0.3) is 0 Å². The monoisotopic (exact) mass is 362 g/mol. The van der Waals surface area contributed by atoms with Crippen LogP contribution in [0.5, 0.6) is 5.75 Å². The van der Waals surface area contributed by atoms with Crippen LogP contribution in [0.2, 0.25) is 0 Å². The van der Waals surface area contributed by atoms with Crippen LogP contribution in [0.25, 0.3) is 0 Å². The summed E-state index contributed by atoms with van der Waals surface area (Å²) in [6.07, 6.45) is -4.79. The average Bonchev–Trinajstić information content (AvgIpc) is 2.68. The Balaban J connectivity index is 2.27. The first-order valence-electron chi connectivity index (χ1n) is 7.76. The molecule has 1 heterocycles. The lowest BCUT2D eigenvalue weighted by atomic mass is 9.78. The summed E-state index contributed by atoms with van der Waals surface area (Å²) in [6.45, 7) is 7.44. The van der Waals surface area contributed by atoms with Crippen LogP contribution in [0, 0.1) is 0 Å². The number of alkyl halides is 3. The largest absolute Gasteiger partial charge is 0.573 e. The smallest absolute Gasteiger partial charge is 0.405 e. The maximum atomic E-state index is 12.6. The van der Waals surface area contributed by atoms with E-state index in [0.717, 1.165) is 0 Å². The lowest BCUT2D eigenvalue weighted by Gasteiger charge is -2.32. The van der Waals surface area contributed by atoms with Crippen molar-refractivity contribution in [3.05, 3.63) is 23.8 Å². The molecule has 25 heavy (non-hydrogen) atoms. The Morgan fingerprint density at radius 2 is 1.68 bits per heavy atom. The van der Waals surface area contributed by atoms with Gasteiger partial charge in [-0.2, -0.15) is 0 Å². The van der Waals surface area contributed by atoms with Gasteiger partial charge in [0.2, 0.25) is 0 Å². The maximum absolute atomic E-state index is 12.6. The van der Waals surface area contributed by atoms with Crippen molar-refractivity contribution in [2.75, 3.05) is 13.9 Å². The van der Waals surface area contributed by atoms with E-state index in [9.17, 15) is 13.2 Å². The minimum absolute atomic E-state index is 0.0494. The highest BCUT2D eigenvalue weighted by Gasteiger charge is 2.51. The van der Waals surface area contributed by atoms with Crippen molar-refractivity contribution >= 4 is 12.6 Å². The molecule has 1 aromatic carbocycles. The first-order valence-corrected chi connectivity index (χ1v) is 7.76. The first-order chi connectivity index (χ1) is 11.5. The van der Waals surface area contributed by atoms with E-state index in [2.05, 4.69) is 4.74 Å². The third-order valence-electron chi connectivity index (χ3n) is 4.29. The van der Waals surface area contributed by atoms with E-state index < -0.39 is 24.7 Å². The van der Waals surface area contributed by atoms with Gasteiger partial charge >= 0.3 is 13.5 Å². The Kier molecular flexibility index (Phi) is 5.73. The van der Waals surface area contributed by atoms with Crippen molar-refractivity contribution in [2.24, 2.45) is 0 Å². The van der Waals surface area contributed by atoms with Crippen molar-refractivity contribution < 1.29 is 36.7 Å². The number of benzene rings is 1. The van der Waals surface area contributed by atoms with Crippen molar-refractivity contribution in [1.82, 2.24) is 0 Å². The molecule has 1 aromatic rings. The van der Waals surface area contributed by atoms with Gasteiger partial charge in [0.1, 0.15) is 12.5 Å². The third-order valence-corrected chi connectivity index (χ3v) is 4.29. The molecule has 0 saturated carbocycles. The Morgan fingerprint density at radius 1 is 1.08 bits per heavy atom. The molecule has 0 aliphatic carbocycles. The Bertz CT molecular complexity index is 588. The van der Waals surface area contributed by atoms with Gasteiger partial charge in [0, 0.05) is 12.7 Å². The zero-order valence-corrected chi connectivity index (χ0v) is 14.9. The van der Waals surface area contributed by atoms with E-state index in [1.54, 1.807) is 0 Å². The Labute approximate surface area is 145 Å². The Hall–Kier alpha value is -1.29. The second-order valence-corrected chi connectivity index (χ2v) is 6.76. The van der Waals surface area contributed by atoms with Gasteiger partial charge in [-0.25, -0.2) is 0 Å². The van der Waals surface area contributed by atoms with Crippen LogP contribution in [-0.4, -0.2) is 38.6 Å². The summed E-state index contributed by atoms with van der Waals surface area (Å²) >= 11 is 0. The fourth-order valence-corrected chi connectivity index (χ4v) is 2.30. The van der Waals surface area contributed by atoms with Crippen LogP contribution in [0.4, 0.5) is 13.2 Å². The standard InChI is InChI=1S/C16H22BF3O5/c1-14(2)15(3,4)25-17(24-14)12-6-7-13(23-16(18,19)20)11(8-12)9-22-10-21-5/h6-8H,9-10H2,1-5H3. The van der Waals surface area contributed by atoms with Gasteiger partial charge in [0.05, 0.1) is 17.8 Å². The van der Waals surface area contributed by atoms with Gasteiger partial charge in [-0.1, -0.05) is 12.1 Å². The minimum Gasteiger partial charge on any atom is -0.405 e. The van der Waals surface area contributed by atoms with Crippen LogP contribution >= 0.6 is 0 Å². The summed E-state index contributed by atoms with van der Waals surface area (Å²) in [5.41, 5.74) is -0.289. The number of rotatable bonds is 6. The third kappa shape index (κ3) is 4.87. The van der Waals surface area contributed by atoms with Gasteiger partial charge in [-0.3, -0.25) is 0 Å². The summed E-state index contributed by atoms with van der Waals surface area (Å²) in [5, 5.41) is 0. The summed E-state index contributed by atoms with van der Waals surface area (Å²) < 4.78 is 63.6. The second kappa shape index (κ2) is 7.15. The normalized spacial score (nSPS) is 19.3. The molecule has 0 aromatic heterocycles. The van der Waals surface area contributed by atoms with E-state index in [-0.39, 0.29) is 24.7 Å². The van der Waals surface area contributed by atoms with Crippen molar-refractivity contribution in [3.63, 3.8) is 0 Å². The molecule has 140 valence electrons. The van der Waals surface area contributed by atoms with Crippen LogP contribution in [0.1, 0.15) is 33.3 Å². The zero-order valence-electron chi connectivity index (χ0n) is 14.9. The van der Waals surface area contributed by atoms with Gasteiger partial charge in [0.15, 0.2) is 0 Å². The lowest BCUT2D eigenvalue weighted by molar-refractivity contribution is -0.275. The summed E-state index contributed by atoms with van der Waals surface area (Å²) in [5.74, 6) is -0.330. The molecule has 1 aliphatic rings. The minimum atomic E-state index is -4.79. The maximum Gasteiger partial charge on any atom is 0.573 e. The highest BCUT2D eigenvalue weighted by atomic mass is 19.4. The molecular formula is C16H22BF3O5. The predicted octanol–water partition coefficient (Wildman–Crippen LogP) is 3.00. The van der Waals surface area contributed by atoms with Crippen LogP contribution in [0.3, 0.4) is 0 Å². The molecule has 0 N–H and O–H groups in total. The van der Waals surface area contributed by atoms with Crippen LogP contribution in [0.15, 0.2) is 18.2 Å². The molecule has 1 aliphatic heterocycles. The molecule has 0 radical (unpaired) electrons. The van der Waals surface area contributed by atoms with E-state index in [1.807, 2.05) is 27.7 Å². The van der Waals surface area contributed by atoms with E-state index in [4.69, 9.17) is 18.8 Å². The number of methoxy groups -OCH3 is 1. The summed E-state index contributed by atoms with van der Waals surface area (Å²) in [6, 6.07) is 4.25. The molecule has 0 atom stereocenters. The number of hydrogen-bond donors (Lipinski definition) is 0.